The molecule has 152 valence electrons. The van der Waals surface area contributed by atoms with Gasteiger partial charge in [0.25, 0.3) is 0 Å². The van der Waals surface area contributed by atoms with Crippen LogP contribution in [0.15, 0.2) is 48.5 Å². The number of pyridine rings is 1. The Morgan fingerprint density at radius 2 is 1.59 bits per heavy atom. The third-order valence-electron chi connectivity index (χ3n) is 4.10. The average molecular weight is 415 g/mol. The Bertz CT molecular complexity index is 1040. The van der Waals surface area contributed by atoms with Crippen LogP contribution < -0.4 is 5.32 Å². The third-order valence-corrected chi connectivity index (χ3v) is 4.10. The molecule has 6 nitrogen and oxygen atoms in total. The van der Waals surface area contributed by atoms with Crippen molar-refractivity contribution in [1.29, 1.82) is 0 Å². The lowest BCUT2D eigenvalue weighted by Crippen LogP contribution is -2.06. The normalized spacial score (nSPS) is 10.2. The van der Waals surface area contributed by atoms with Gasteiger partial charge in [-0.1, -0.05) is 6.07 Å². The first kappa shape index (κ1) is 22.2. The second kappa shape index (κ2) is 9.89. The van der Waals surface area contributed by atoms with Crippen molar-refractivity contribution in [3.8, 4) is 0 Å². The van der Waals surface area contributed by atoms with E-state index in [4.69, 9.17) is 9.47 Å². The summed E-state index contributed by atoms with van der Waals surface area (Å²) in [4.78, 5) is 28.6. The molecule has 0 bridgehead atoms. The van der Waals surface area contributed by atoms with Crippen LogP contribution in [0, 0.1) is 6.92 Å². The zero-order chi connectivity index (χ0) is 20.1. The van der Waals surface area contributed by atoms with Gasteiger partial charge in [-0.2, -0.15) is 0 Å². The van der Waals surface area contributed by atoms with Gasteiger partial charge in [0.15, 0.2) is 0 Å². The summed E-state index contributed by atoms with van der Waals surface area (Å²) in [7, 11) is 0. The molecule has 0 radical (unpaired) electrons. The topological polar surface area (TPSA) is 77.5 Å². The van der Waals surface area contributed by atoms with Crippen LogP contribution in [0.25, 0.3) is 10.9 Å². The summed E-state index contributed by atoms with van der Waals surface area (Å²) in [6.07, 6.45) is 0. The van der Waals surface area contributed by atoms with E-state index < -0.39 is 0 Å². The Hall–Kier alpha value is -3.12. The van der Waals surface area contributed by atoms with Crippen molar-refractivity contribution in [1.82, 2.24) is 4.98 Å². The van der Waals surface area contributed by atoms with Crippen LogP contribution in [0.5, 0.6) is 0 Å². The first-order chi connectivity index (χ1) is 13.5. The first-order valence-corrected chi connectivity index (χ1v) is 9.14. The quantitative estimate of drug-likeness (QED) is 0.568. The average Bonchev–Trinajstić information content (AvgIpc) is 2.68. The number of anilines is 2. The van der Waals surface area contributed by atoms with Crippen LogP contribution in [0.3, 0.4) is 0 Å². The SMILES string of the molecule is CCOC(=O)c1cccc(Nc2cc(C)nc3ccc(C(=O)OCC)cc23)c1.Cl. The number of rotatable bonds is 6. The maximum absolute atomic E-state index is 12.1. The maximum Gasteiger partial charge on any atom is 0.338 e. The van der Waals surface area contributed by atoms with Crippen molar-refractivity contribution in [3.05, 3.63) is 65.4 Å². The smallest absolute Gasteiger partial charge is 0.338 e. The highest BCUT2D eigenvalue weighted by molar-refractivity contribution is 6.00. The van der Waals surface area contributed by atoms with Gasteiger partial charge in [0.05, 0.1) is 29.9 Å². The van der Waals surface area contributed by atoms with Crippen molar-refractivity contribution in [2.75, 3.05) is 18.5 Å². The molecule has 0 spiro atoms. The van der Waals surface area contributed by atoms with Crippen molar-refractivity contribution in [2.24, 2.45) is 0 Å². The van der Waals surface area contributed by atoms with E-state index in [9.17, 15) is 9.59 Å². The zero-order valence-corrected chi connectivity index (χ0v) is 17.3. The molecular weight excluding hydrogens is 392 g/mol. The molecule has 0 aliphatic heterocycles. The molecule has 1 aromatic heterocycles. The van der Waals surface area contributed by atoms with E-state index in [0.717, 1.165) is 28.0 Å². The van der Waals surface area contributed by atoms with Crippen LogP contribution in [0.4, 0.5) is 11.4 Å². The second-order valence-corrected chi connectivity index (χ2v) is 6.19. The predicted octanol–water partition coefficient (Wildman–Crippen LogP) is 5.06. The standard InChI is InChI=1S/C22H22N2O4.ClH/c1-4-27-21(25)15-7-6-8-17(12-15)24-20-11-14(3)23-19-10-9-16(13-18(19)20)22(26)28-5-2;/h6-13H,4-5H2,1-3H3,(H,23,24);1H. The third kappa shape index (κ3) is 5.23. The van der Waals surface area contributed by atoms with Gasteiger partial charge in [-0.3, -0.25) is 4.98 Å². The van der Waals surface area contributed by atoms with Crippen molar-refractivity contribution < 1.29 is 19.1 Å². The number of nitrogens with one attached hydrogen (secondary N) is 1. The molecule has 0 unspecified atom stereocenters. The minimum atomic E-state index is -0.375. The van der Waals surface area contributed by atoms with E-state index >= 15 is 0 Å². The molecular formula is C22H23ClN2O4. The fourth-order valence-corrected chi connectivity index (χ4v) is 2.90. The molecule has 7 heteroatoms. The molecule has 0 saturated carbocycles. The van der Waals surface area contributed by atoms with Crippen molar-refractivity contribution in [3.63, 3.8) is 0 Å². The molecule has 0 fully saturated rings. The number of ether oxygens (including phenoxy) is 2. The number of esters is 2. The van der Waals surface area contributed by atoms with E-state index in [1.54, 1.807) is 50.2 Å². The number of nitrogens with zero attached hydrogens (tertiary/aromatic N) is 1. The molecule has 29 heavy (non-hydrogen) atoms. The summed E-state index contributed by atoms with van der Waals surface area (Å²) in [6.45, 7) is 6.08. The fraction of sp³-hybridized carbons (Fsp3) is 0.227. The molecule has 3 aromatic rings. The number of aromatic nitrogens is 1. The van der Waals surface area contributed by atoms with E-state index in [0.29, 0.717) is 24.3 Å². The Morgan fingerprint density at radius 1 is 0.931 bits per heavy atom. The van der Waals surface area contributed by atoms with Crippen molar-refractivity contribution >= 4 is 46.6 Å². The van der Waals surface area contributed by atoms with Crippen molar-refractivity contribution in [2.45, 2.75) is 20.8 Å². The van der Waals surface area contributed by atoms with Crippen LogP contribution in [0.1, 0.15) is 40.3 Å². The molecule has 1 N–H and O–H groups in total. The van der Waals surface area contributed by atoms with E-state index in [1.807, 2.05) is 19.1 Å². The first-order valence-electron chi connectivity index (χ1n) is 9.14. The highest BCUT2D eigenvalue weighted by atomic mass is 35.5. The fourth-order valence-electron chi connectivity index (χ4n) is 2.90. The Balaban J connectivity index is 0.00000300. The van der Waals surface area contributed by atoms with E-state index in [2.05, 4.69) is 10.3 Å². The molecule has 0 aliphatic rings. The summed E-state index contributed by atoms with van der Waals surface area (Å²) < 4.78 is 10.2. The largest absolute Gasteiger partial charge is 0.462 e. The number of benzene rings is 2. The number of carbonyl (C=O) groups excluding carboxylic acids is 2. The van der Waals surface area contributed by atoms with E-state index in [-0.39, 0.29) is 24.3 Å². The zero-order valence-electron chi connectivity index (χ0n) is 16.5. The summed E-state index contributed by atoms with van der Waals surface area (Å²) >= 11 is 0. The number of hydrogen-bond acceptors (Lipinski definition) is 6. The molecule has 0 saturated heterocycles. The minimum Gasteiger partial charge on any atom is -0.462 e. The van der Waals surface area contributed by atoms with Crippen LogP contribution in [-0.2, 0) is 9.47 Å². The van der Waals surface area contributed by atoms with Gasteiger partial charge in [0, 0.05) is 22.5 Å². The van der Waals surface area contributed by atoms with Gasteiger partial charge >= 0.3 is 11.9 Å². The van der Waals surface area contributed by atoms with Gasteiger partial charge < -0.3 is 14.8 Å². The number of carbonyl (C=O) groups is 2. The Labute approximate surface area is 175 Å². The lowest BCUT2D eigenvalue weighted by atomic mass is 10.1. The number of halogens is 1. The van der Waals surface area contributed by atoms with Gasteiger partial charge in [0.2, 0.25) is 0 Å². The summed E-state index contributed by atoms with van der Waals surface area (Å²) in [5.74, 6) is -0.744. The Kier molecular flexibility index (Phi) is 7.56. The maximum atomic E-state index is 12.1. The highest BCUT2D eigenvalue weighted by Gasteiger charge is 2.12. The number of fused-ring (bicyclic) bond motifs is 1. The molecule has 1 heterocycles. The molecule has 0 atom stereocenters. The lowest BCUT2D eigenvalue weighted by Gasteiger charge is -2.13. The van der Waals surface area contributed by atoms with Crippen LogP contribution >= 0.6 is 12.4 Å². The summed E-state index contributed by atoms with van der Waals surface area (Å²) in [5, 5.41) is 4.11. The second-order valence-electron chi connectivity index (χ2n) is 6.19. The molecule has 2 aromatic carbocycles. The van der Waals surface area contributed by atoms with Crippen LogP contribution in [-0.4, -0.2) is 30.1 Å². The van der Waals surface area contributed by atoms with Gasteiger partial charge in [-0.25, -0.2) is 9.59 Å². The molecule has 0 aliphatic carbocycles. The van der Waals surface area contributed by atoms with Gasteiger partial charge in [-0.15, -0.1) is 12.4 Å². The molecule has 3 rings (SSSR count). The molecule has 0 amide bonds. The monoisotopic (exact) mass is 414 g/mol. The van der Waals surface area contributed by atoms with E-state index in [1.165, 1.54) is 0 Å². The number of hydrogen-bond donors (Lipinski definition) is 1. The summed E-state index contributed by atoms with van der Waals surface area (Å²) in [5.41, 5.74) is 4.05. The lowest BCUT2D eigenvalue weighted by molar-refractivity contribution is 0.0517. The highest BCUT2D eigenvalue weighted by Crippen LogP contribution is 2.28. The Morgan fingerprint density at radius 3 is 2.24 bits per heavy atom. The van der Waals surface area contributed by atoms with Crippen LogP contribution in [0.2, 0.25) is 0 Å². The summed E-state index contributed by atoms with van der Waals surface area (Å²) in [6, 6.07) is 14.2. The number of aryl methyl sites for hydroxylation is 1. The van der Waals surface area contributed by atoms with Gasteiger partial charge in [0.1, 0.15) is 0 Å². The van der Waals surface area contributed by atoms with Gasteiger partial charge in [-0.05, 0) is 63.2 Å². The minimum absolute atomic E-state index is 0. The predicted molar refractivity (Wildman–Crippen MR) is 115 cm³/mol.